The van der Waals surface area contributed by atoms with Crippen LogP contribution >= 0.6 is 15.9 Å². The first-order valence-corrected chi connectivity index (χ1v) is 6.81. The lowest BCUT2D eigenvalue weighted by atomic mass is 10.1. The summed E-state index contributed by atoms with van der Waals surface area (Å²) < 4.78 is 0.967. The van der Waals surface area contributed by atoms with Crippen LogP contribution in [0.25, 0.3) is 0 Å². The van der Waals surface area contributed by atoms with Gasteiger partial charge in [-0.2, -0.15) is 5.10 Å². The molecule has 2 aromatic carbocycles. The van der Waals surface area contributed by atoms with Gasteiger partial charge in [0.25, 0.3) is 5.91 Å². The van der Waals surface area contributed by atoms with Gasteiger partial charge in [-0.3, -0.25) is 4.79 Å². The number of anilines is 1. The minimum atomic E-state index is -0.264. The molecule has 2 aromatic rings. The van der Waals surface area contributed by atoms with Gasteiger partial charge in [0.05, 0.1) is 5.71 Å². The molecule has 0 radical (unpaired) electrons. The number of nitrogens with zero attached hydrogens (tertiary/aromatic N) is 1. The molecular formula is C15H14BrN3O. The Morgan fingerprint density at radius 2 is 1.85 bits per heavy atom. The van der Waals surface area contributed by atoms with Crippen LogP contribution in [0.3, 0.4) is 0 Å². The van der Waals surface area contributed by atoms with E-state index in [2.05, 4.69) is 26.5 Å². The van der Waals surface area contributed by atoms with Crippen LogP contribution < -0.4 is 11.2 Å². The van der Waals surface area contributed by atoms with Crippen LogP contribution in [0.2, 0.25) is 0 Å². The van der Waals surface area contributed by atoms with E-state index in [1.807, 2.05) is 31.2 Å². The van der Waals surface area contributed by atoms with Gasteiger partial charge in [-0.05, 0) is 48.9 Å². The van der Waals surface area contributed by atoms with Gasteiger partial charge in [0, 0.05) is 15.7 Å². The first kappa shape index (κ1) is 14.3. The Hall–Kier alpha value is -2.14. The van der Waals surface area contributed by atoms with Crippen LogP contribution in [0.15, 0.2) is 58.1 Å². The number of halogens is 1. The van der Waals surface area contributed by atoms with Crippen molar-refractivity contribution >= 4 is 33.2 Å². The van der Waals surface area contributed by atoms with Crippen molar-refractivity contribution < 1.29 is 4.79 Å². The molecule has 0 bridgehead atoms. The lowest BCUT2D eigenvalue weighted by molar-refractivity contribution is 0.0955. The molecule has 3 N–H and O–H groups in total. The van der Waals surface area contributed by atoms with E-state index in [0.29, 0.717) is 11.3 Å². The highest BCUT2D eigenvalue weighted by atomic mass is 79.9. The molecule has 102 valence electrons. The second-order valence-electron chi connectivity index (χ2n) is 4.27. The van der Waals surface area contributed by atoms with Gasteiger partial charge in [-0.15, -0.1) is 0 Å². The predicted molar refractivity (Wildman–Crippen MR) is 84.7 cm³/mol. The van der Waals surface area contributed by atoms with Gasteiger partial charge in [0.15, 0.2) is 0 Å². The van der Waals surface area contributed by atoms with Gasteiger partial charge in [-0.25, -0.2) is 5.43 Å². The minimum absolute atomic E-state index is 0.264. The van der Waals surface area contributed by atoms with Crippen LogP contribution in [0, 0.1) is 0 Å². The van der Waals surface area contributed by atoms with Crippen molar-refractivity contribution in [3.05, 3.63) is 64.1 Å². The van der Waals surface area contributed by atoms with E-state index >= 15 is 0 Å². The quantitative estimate of drug-likeness (QED) is 0.515. The van der Waals surface area contributed by atoms with Crippen LogP contribution in [0.4, 0.5) is 5.69 Å². The molecule has 1 amide bonds. The Kier molecular flexibility index (Phi) is 4.53. The molecule has 4 nitrogen and oxygen atoms in total. The molecule has 0 spiro atoms. The highest BCUT2D eigenvalue weighted by molar-refractivity contribution is 9.10. The summed E-state index contributed by atoms with van der Waals surface area (Å²) in [7, 11) is 0. The van der Waals surface area contributed by atoms with E-state index in [4.69, 9.17) is 5.73 Å². The number of nitrogens with two attached hydrogens (primary N) is 1. The van der Waals surface area contributed by atoms with Gasteiger partial charge >= 0.3 is 0 Å². The molecule has 2 rings (SSSR count). The number of rotatable bonds is 3. The van der Waals surface area contributed by atoms with Gasteiger partial charge in [-0.1, -0.05) is 28.1 Å². The Balaban J connectivity index is 2.08. The zero-order chi connectivity index (χ0) is 14.5. The van der Waals surface area contributed by atoms with Gasteiger partial charge in [0.1, 0.15) is 0 Å². The molecule has 5 heteroatoms. The first-order chi connectivity index (χ1) is 9.56. The molecule has 0 aromatic heterocycles. The number of hydrogen-bond donors (Lipinski definition) is 2. The highest BCUT2D eigenvalue weighted by Crippen LogP contribution is 2.12. The number of carbonyl (C=O) groups excluding carboxylic acids is 1. The summed E-state index contributed by atoms with van der Waals surface area (Å²) in [6, 6.07) is 14.4. The molecule has 20 heavy (non-hydrogen) atoms. The summed E-state index contributed by atoms with van der Waals surface area (Å²) in [4.78, 5) is 11.9. The van der Waals surface area contributed by atoms with Crippen molar-refractivity contribution in [1.82, 2.24) is 5.43 Å². The maximum atomic E-state index is 11.9. The zero-order valence-electron chi connectivity index (χ0n) is 10.9. The number of benzene rings is 2. The third kappa shape index (κ3) is 3.68. The Bertz CT molecular complexity index is 650. The number of carbonyl (C=O) groups is 1. The van der Waals surface area contributed by atoms with Gasteiger partial charge < -0.3 is 5.73 Å². The maximum Gasteiger partial charge on any atom is 0.271 e. The third-order valence-corrected chi connectivity index (χ3v) is 3.23. The zero-order valence-corrected chi connectivity index (χ0v) is 12.5. The van der Waals surface area contributed by atoms with Crippen molar-refractivity contribution in [2.45, 2.75) is 6.92 Å². The van der Waals surface area contributed by atoms with Crippen molar-refractivity contribution in [1.29, 1.82) is 0 Å². The molecule has 0 aliphatic carbocycles. The summed E-state index contributed by atoms with van der Waals surface area (Å²) in [6.07, 6.45) is 0. The van der Waals surface area contributed by atoms with Crippen LogP contribution in [0.5, 0.6) is 0 Å². The Morgan fingerprint density at radius 3 is 2.50 bits per heavy atom. The highest BCUT2D eigenvalue weighted by Gasteiger charge is 2.04. The minimum Gasteiger partial charge on any atom is -0.399 e. The standard InChI is InChI=1S/C15H14BrN3O/c1-10(12-3-2-4-13(16)9-12)18-19-15(20)11-5-7-14(17)8-6-11/h2-9H,17H2,1H3,(H,19,20)/b18-10-. The smallest absolute Gasteiger partial charge is 0.271 e. The van der Waals surface area contributed by atoms with Crippen molar-refractivity contribution in [2.75, 3.05) is 5.73 Å². The summed E-state index contributed by atoms with van der Waals surface area (Å²) in [6.45, 7) is 1.84. The summed E-state index contributed by atoms with van der Waals surface area (Å²) in [5, 5.41) is 4.10. The summed E-state index contributed by atoms with van der Waals surface area (Å²) >= 11 is 3.40. The summed E-state index contributed by atoms with van der Waals surface area (Å²) in [5.74, 6) is -0.264. The fraction of sp³-hybridized carbons (Fsp3) is 0.0667. The molecule has 0 saturated heterocycles. The lowest BCUT2D eigenvalue weighted by Gasteiger charge is -2.04. The Morgan fingerprint density at radius 1 is 1.15 bits per heavy atom. The van der Waals surface area contributed by atoms with Crippen LogP contribution in [-0.4, -0.2) is 11.6 Å². The third-order valence-electron chi connectivity index (χ3n) is 2.74. The van der Waals surface area contributed by atoms with Crippen molar-refractivity contribution in [3.63, 3.8) is 0 Å². The summed E-state index contributed by atoms with van der Waals surface area (Å²) in [5.41, 5.74) is 10.9. The molecular weight excluding hydrogens is 318 g/mol. The monoisotopic (exact) mass is 331 g/mol. The largest absolute Gasteiger partial charge is 0.399 e. The molecule has 0 aliphatic heterocycles. The van der Waals surface area contributed by atoms with E-state index in [-0.39, 0.29) is 5.91 Å². The molecule has 0 unspecified atom stereocenters. The molecule has 0 saturated carbocycles. The van der Waals surface area contributed by atoms with E-state index in [9.17, 15) is 4.79 Å². The lowest BCUT2D eigenvalue weighted by Crippen LogP contribution is -2.19. The van der Waals surface area contributed by atoms with E-state index in [0.717, 1.165) is 15.7 Å². The van der Waals surface area contributed by atoms with E-state index in [1.54, 1.807) is 24.3 Å². The topological polar surface area (TPSA) is 67.5 Å². The van der Waals surface area contributed by atoms with Crippen LogP contribution in [0.1, 0.15) is 22.8 Å². The number of nitrogens with one attached hydrogen (secondary N) is 1. The molecule has 0 aliphatic rings. The fourth-order valence-corrected chi connectivity index (χ4v) is 2.01. The average molecular weight is 332 g/mol. The molecule has 0 fully saturated rings. The van der Waals surface area contributed by atoms with E-state index in [1.165, 1.54) is 0 Å². The van der Waals surface area contributed by atoms with E-state index < -0.39 is 0 Å². The molecule has 0 heterocycles. The van der Waals surface area contributed by atoms with Crippen LogP contribution in [-0.2, 0) is 0 Å². The molecule has 0 atom stereocenters. The second kappa shape index (κ2) is 6.34. The number of hydrogen-bond acceptors (Lipinski definition) is 3. The van der Waals surface area contributed by atoms with Gasteiger partial charge in [0.2, 0.25) is 0 Å². The second-order valence-corrected chi connectivity index (χ2v) is 5.19. The van der Waals surface area contributed by atoms with Crippen molar-refractivity contribution in [3.8, 4) is 0 Å². The number of nitrogen functional groups attached to an aromatic ring is 1. The fourth-order valence-electron chi connectivity index (χ4n) is 1.61. The maximum absolute atomic E-state index is 11.9. The Labute approximate surface area is 125 Å². The predicted octanol–water partition coefficient (Wildman–Crippen LogP) is 3.19. The average Bonchev–Trinajstić information content (AvgIpc) is 2.45. The normalized spacial score (nSPS) is 11.2. The number of hydrazone groups is 1. The van der Waals surface area contributed by atoms with Crippen molar-refractivity contribution in [2.24, 2.45) is 5.10 Å². The SMILES string of the molecule is C/C(=N/NC(=O)c1ccc(N)cc1)c1cccc(Br)c1. The number of amides is 1. The first-order valence-electron chi connectivity index (χ1n) is 6.02.